The summed E-state index contributed by atoms with van der Waals surface area (Å²) in [7, 11) is 0. The van der Waals surface area contributed by atoms with E-state index >= 15 is 0 Å². The van der Waals surface area contributed by atoms with Crippen molar-refractivity contribution < 1.29 is 23.8 Å². The number of hydrogen-bond donors (Lipinski definition) is 2. The molecule has 2 N–H and O–H groups in total. The lowest BCUT2D eigenvalue weighted by molar-refractivity contribution is -0.142. The van der Waals surface area contributed by atoms with Crippen molar-refractivity contribution in [1.82, 2.24) is 20.1 Å². The highest BCUT2D eigenvalue weighted by Gasteiger charge is 2.22. The highest BCUT2D eigenvalue weighted by atomic mass is 16.5. The van der Waals surface area contributed by atoms with Crippen molar-refractivity contribution in [3.63, 3.8) is 0 Å². The number of carbonyl (C=O) groups is 2. The van der Waals surface area contributed by atoms with Crippen LogP contribution in [-0.2, 0) is 16.0 Å². The molecule has 10 nitrogen and oxygen atoms in total. The molecule has 4 aromatic rings. The minimum Gasteiger partial charge on any atom is -0.483 e. The van der Waals surface area contributed by atoms with E-state index < -0.39 is 17.9 Å². The SMILES string of the molecule is CCc1cc2c(=O)c(-c3nncn3-c3ccccc3)coc2cc1OCC(=O)N[C@@H](CC(C)C)C(=O)O. The standard InChI is InChI=1S/C27H28N4O6/c1-4-17-11-19-23(12-22(17)37-14-24(32)29-21(27(34)35)10-16(2)3)36-13-20(25(19)33)26-30-28-15-31(26)18-8-6-5-7-9-18/h5-9,11-13,15-16,21H,4,10,14H2,1-3H3,(H,29,32)(H,34,35)/t21-/m0/s1. The zero-order valence-corrected chi connectivity index (χ0v) is 20.8. The normalized spacial score (nSPS) is 12.0. The molecule has 0 saturated carbocycles. The molecule has 0 bridgehead atoms. The molecule has 2 heterocycles. The summed E-state index contributed by atoms with van der Waals surface area (Å²) < 4.78 is 13.2. The largest absolute Gasteiger partial charge is 0.483 e. The van der Waals surface area contributed by atoms with E-state index in [2.05, 4.69) is 15.5 Å². The van der Waals surface area contributed by atoms with Crippen molar-refractivity contribution in [2.45, 2.75) is 39.7 Å². The molecule has 0 saturated heterocycles. The fraction of sp³-hybridized carbons (Fsp3) is 0.296. The fourth-order valence-electron chi connectivity index (χ4n) is 4.04. The number of fused-ring (bicyclic) bond motifs is 1. The minimum atomic E-state index is -1.09. The fourth-order valence-corrected chi connectivity index (χ4v) is 4.04. The average Bonchev–Trinajstić information content (AvgIpc) is 3.37. The first-order chi connectivity index (χ1) is 17.8. The van der Waals surface area contributed by atoms with Gasteiger partial charge in [0.05, 0.1) is 5.39 Å². The van der Waals surface area contributed by atoms with Crippen LogP contribution < -0.4 is 15.5 Å². The lowest BCUT2D eigenvalue weighted by Gasteiger charge is -2.17. The Morgan fingerprint density at radius 3 is 2.62 bits per heavy atom. The quantitative estimate of drug-likeness (QED) is 0.334. The number of carboxylic acid groups (broad SMARTS) is 1. The number of aromatic nitrogens is 3. The number of benzene rings is 2. The number of carbonyl (C=O) groups excluding carboxylic acids is 1. The summed E-state index contributed by atoms with van der Waals surface area (Å²) in [6.07, 6.45) is 3.70. The highest BCUT2D eigenvalue weighted by Crippen LogP contribution is 2.27. The van der Waals surface area contributed by atoms with E-state index in [1.807, 2.05) is 51.1 Å². The second-order valence-corrected chi connectivity index (χ2v) is 9.02. The molecular formula is C27H28N4O6. The molecule has 0 aliphatic rings. The number of amides is 1. The number of nitrogens with one attached hydrogen (secondary N) is 1. The van der Waals surface area contributed by atoms with Gasteiger partial charge in [0.25, 0.3) is 5.91 Å². The third kappa shape index (κ3) is 5.69. The van der Waals surface area contributed by atoms with Crippen molar-refractivity contribution in [2.75, 3.05) is 6.61 Å². The first kappa shape index (κ1) is 25.6. The number of ether oxygens (including phenoxy) is 1. The van der Waals surface area contributed by atoms with Crippen molar-refractivity contribution in [2.24, 2.45) is 5.92 Å². The van der Waals surface area contributed by atoms with Gasteiger partial charge >= 0.3 is 5.97 Å². The van der Waals surface area contributed by atoms with Crippen LogP contribution in [0.1, 0.15) is 32.8 Å². The van der Waals surface area contributed by atoms with E-state index in [9.17, 15) is 19.5 Å². The second-order valence-electron chi connectivity index (χ2n) is 9.02. The van der Waals surface area contributed by atoms with Gasteiger partial charge in [0.15, 0.2) is 12.4 Å². The summed E-state index contributed by atoms with van der Waals surface area (Å²) in [6.45, 7) is 5.29. The van der Waals surface area contributed by atoms with Crippen LogP contribution in [0.4, 0.5) is 0 Å². The Hall–Kier alpha value is -4.47. The van der Waals surface area contributed by atoms with E-state index in [-0.39, 0.29) is 29.1 Å². The maximum absolute atomic E-state index is 13.4. The van der Waals surface area contributed by atoms with Gasteiger partial charge in [0, 0.05) is 11.8 Å². The number of rotatable bonds is 10. The monoisotopic (exact) mass is 504 g/mol. The average molecular weight is 505 g/mol. The lowest BCUT2D eigenvalue weighted by atomic mass is 10.0. The smallest absolute Gasteiger partial charge is 0.326 e. The number of aryl methyl sites for hydroxylation is 1. The van der Waals surface area contributed by atoms with Gasteiger partial charge in [-0.25, -0.2) is 4.79 Å². The van der Waals surface area contributed by atoms with Crippen molar-refractivity contribution in [1.29, 1.82) is 0 Å². The zero-order chi connectivity index (χ0) is 26.5. The Kier molecular flexibility index (Phi) is 7.66. The van der Waals surface area contributed by atoms with Crippen LogP contribution in [0.3, 0.4) is 0 Å². The summed E-state index contributed by atoms with van der Waals surface area (Å²) in [5, 5.41) is 20.3. The van der Waals surface area contributed by atoms with Crippen molar-refractivity contribution in [3.8, 4) is 22.8 Å². The van der Waals surface area contributed by atoms with Crippen LogP contribution in [0.15, 0.2) is 64.3 Å². The van der Waals surface area contributed by atoms with Crippen LogP contribution in [0.5, 0.6) is 5.75 Å². The molecule has 0 aliphatic carbocycles. The molecule has 0 radical (unpaired) electrons. The molecule has 0 aliphatic heterocycles. The summed E-state index contributed by atoms with van der Waals surface area (Å²) >= 11 is 0. The van der Waals surface area contributed by atoms with Gasteiger partial charge in [0.2, 0.25) is 5.43 Å². The summed E-state index contributed by atoms with van der Waals surface area (Å²) in [4.78, 5) is 37.2. The third-order valence-electron chi connectivity index (χ3n) is 5.86. The third-order valence-corrected chi connectivity index (χ3v) is 5.86. The molecule has 2 aromatic heterocycles. The van der Waals surface area contributed by atoms with E-state index in [0.29, 0.717) is 35.4 Å². The number of para-hydroxylation sites is 1. The molecule has 37 heavy (non-hydrogen) atoms. The Labute approximate surface area is 212 Å². The van der Waals surface area contributed by atoms with Crippen LogP contribution in [0, 0.1) is 5.92 Å². The first-order valence-electron chi connectivity index (χ1n) is 12.0. The predicted molar refractivity (Wildman–Crippen MR) is 137 cm³/mol. The number of carboxylic acids is 1. The second kappa shape index (κ2) is 11.1. The molecule has 1 amide bonds. The van der Waals surface area contributed by atoms with Gasteiger partial charge in [-0.15, -0.1) is 10.2 Å². The number of nitrogens with zero attached hydrogens (tertiary/aromatic N) is 3. The van der Waals surface area contributed by atoms with Crippen molar-refractivity contribution >= 4 is 22.8 Å². The van der Waals surface area contributed by atoms with Crippen LogP contribution in [0.2, 0.25) is 0 Å². The van der Waals surface area contributed by atoms with E-state index in [0.717, 1.165) is 5.69 Å². The van der Waals surface area contributed by atoms with Crippen LogP contribution in [-0.4, -0.2) is 44.4 Å². The highest BCUT2D eigenvalue weighted by molar-refractivity contribution is 5.85. The van der Waals surface area contributed by atoms with Crippen molar-refractivity contribution in [3.05, 3.63) is 70.8 Å². The number of aliphatic carboxylic acids is 1. The molecule has 192 valence electrons. The summed E-state index contributed by atoms with van der Waals surface area (Å²) in [5.74, 6) is -0.811. The Balaban J connectivity index is 1.60. The first-order valence-corrected chi connectivity index (χ1v) is 12.0. The topological polar surface area (TPSA) is 137 Å². The molecule has 10 heteroatoms. The molecule has 2 aromatic carbocycles. The van der Waals surface area contributed by atoms with Gasteiger partial charge in [-0.05, 0) is 42.5 Å². The molecule has 0 spiro atoms. The molecule has 0 unspecified atom stereocenters. The molecule has 0 fully saturated rings. The Morgan fingerprint density at radius 2 is 1.95 bits per heavy atom. The summed E-state index contributed by atoms with van der Waals surface area (Å²) in [6, 6.07) is 11.7. The molecule has 4 rings (SSSR count). The minimum absolute atomic E-state index is 0.101. The Bertz CT molecular complexity index is 1480. The van der Waals surface area contributed by atoms with Gasteiger partial charge in [-0.3, -0.25) is 14.2 Å². The molecular weight excluding hydrogens is 476 g/mol. The van der Waals surface area contributed by atoms with Gasteiger partial charge in [-0.2, -0.15) is 0 Å². The van der Waals surface area contributed by atoms with E-state index in [1.54, 1.807) is 16.7 Å². The maximum atomic E-state index is 13.4. The summed E-state index contributed by atoms with van der Waals surface area (Å²) in [5.41, 5.74) is 1.77. The maximum Gasteiger partial charge on any atom is 0.326 e. The predicted octanol–water partition coefficient (Wildman–Crippen LogP) is 3.60. The van der Waals surface area contributed by atoms with Gasteiger partial charge < -0.3 is 19.6 Å². The van der Waals surface area contributed by atoms with E-state index in [4.69, 9.17) is 9.15 Å². The Morgan fingerprint density at radius 1 is 1.19 bits per heavy atom. The van der Waals surface area contributed by atoms with Crippen LogP contribution in [0.25, 0.3) is 28.0 Å². The van der Waals surface area contributed by atoms with Crippen LogP contribution >= 0.6 is 0 Å². The molecule has 1 atom stereocenters. The zero-order valence-electron chi connectivity index (χ0n) is 20.8. The van der Waals surface area contributed by atoms with E-state index in [1.165, 1.54) is 12.6 Å². The lowest BCUT2D eigenvalue weighted by Crippen LogP contribution is -2.43. The van der Waals surface area contributed by atoms with Gasteiger partial charge in [-0.1, -0.05) is 39.0 Å². The number of hydrogen-bond acceptors (Lipinski definition) is 7. The van der Waals surface area contributed by atoms with Gasteiger partial charge in [0.1, 0.15) is 35.5 Å².